The lowest BCUT2D eigenvalue weighted by Gasteiger charge is -2.19. The van der Waals surface area contributed by atoms with Crippen molar-refractivity contribution in [2.45, 2.75) is 37.4 Å². The smallest absolute Gasteiger partial charge is 0.320 e. The van der Waals surface area contributed by atoms with Gasteiger partial charge in [-0.15, -0.1) is 0 Å². The van der Waals surface area contributed by atoms with Crippen LogP contribution < -0.4 is 0 Å². The SMILES string of the molecule is CCC[C@@](Br)(CC)C(=O)O. The summed E-state index contributed by atoms with van der Waals surface area (Å²) in [5.74, 6) is -0.753. The molecule has 3 heteroatoms. The molecule has 0 bridgehead atoms. The number of halogens is 1. The molecule has 0 aliphatic carbocycles. The molecular formula is C7H13BrO2. The Bertz CT molecular complexity index is 125. The molecular weight excluding hydrogens is 196 g/mol. The summed E-state index contributed by atoms with van der Waals surface area (Å²) >= 11 is 3.21. The van der Waals surface area contributed by atoms with Crippen molar-refractivity contribution in [1.29, 1.82) is 0 Å². The lowest BCUT2D eigenvalue weighted by atomic mass is 10.0. The third kappa shape index (κ3) is 2.29. The highest BCUT2D eigenvalue weighted by atomic mass is 79.9. The van der Waals surface area contributed by atoms with Crippen molar-refractivity contribution < 1.29 is 9.90 Å². The second-order valence-electron chi connectivity index (χ2n) is 2.37. The standard InChI is InChI=1S/C7H13BrO2/c1-3-5-7(8,4-2)6(9)10/h3-5H2,1-2H3,(H,9,10)/t7-/m0/s1. The number of hydrogen-bond donors (Lipinski definition) is 1. The first-order valence-electron chi connectivity index (χ1n) is 3.49. The summed E-state index contributed by atoms with van der Waals surface area (Å²) in [6, 6.07) is 0. The fraction of sp³-hybridized carbons (Fsp3) is 0.857. The van der Waals surface area contributed by atoms with Crippen molar-refractivity contribution in [2.24, 2.45) is 0 Å². The van der Waals surface area contributed by atoms with Crippen LogP contribution in [0.1, 0.15) is 33.1 Å². The largest absolute Gasteiger partial charge is 0.480 e. The first-order valence-corrected chi connectivity index (χ1v) is 4.28. The van der Waals surface area contributed by atoms with Crippen molar-refractivity contribution in [2.75, 3.05) is 0 Å². The fourth-order valence-corrected chi connectivity index (χ4v) is 1.23. The zero-order valence-electron chi connectivity index (χ0n) is 6.35. The predicted molar refractivity (Wildman–Crippen MR) is 44.5 cm³/mol. The molecule has 0 unspecified atom stereocenters. The number of carbonyl (C=O) groups is 1. The van der Waals surface area contributed by atoms with E-state index in [0.717, 1.165) is 6.42 Å². The van der Waals surface area contributed by atoms with Crippen LogP contribution >= 0.6 is 15.9 Å². The molecule has 0 saturated heterocycles. The van der Waals surface area contributed by atoms with E-state index in [-0.39, 0.29) is 0 Å². The summed E-state index contributed by atoms with van der Waals surface area (Å²) in [5, 5.41) is 8.72. The van der Waals surface area contributed by atoms with Gasteiger partial charge in [0, 0.05) is 0 Å². The van der Waals surface area contributed by atoms with Gasteiger partial charge >= 0.3 is 5.97 Å². The van der Waals surface area contributed by atoms with Crippen LogP contribution in [0.5, 0.6) is 0 Å². The van der Waals surface area contributed by atoms with Crippen molar-refractivity contribution in [1.82, 2.24) is 0 Å². The summed E-state index contributed by atoms with van der Waals surface area (Å²) in [5.41, 5.74) is 0. The Hall–Kier alpha value is -0.0500. The highest BCUT2D eigenvalue weighted by Crippen LogP contribution is 2.27. The highest BCUT2D eigenvalue weighted by molar-refractivity contribution is 9.10. The molecule has 0 heterocycles. The van der Waals surface area contributed by atoms with E-state index >= 15 is 0 Å². The van der Waals surface area contributed by atoms with E-state index < -0.39 is 10.3 Å². The Morgan fingerprint density at radius 3 is 2.20 bits per heavy atom. The number of alkyl halides is 1. The van der Waals surface area contributed by atoms with E-state index in [9.17, 15) is 4.79 Å². The van der Waals surface area contributed by atoms with E-state index in [1.807, 2.05) is 13.8 Å². The molecule has 0 aromatic rings. The molecule has 60 valence electrons. The first kappa shape index (κ1) is 9.95. The van der Waals surface area contributed by atoms with Crippen LogP contribution in [-0.2, 0) is 4.79 Å². The Labute approximate surface area is 69.8 Å². The molecule has 0 fully saturated rings. The molecule has 2 nitrogen and oxygen atoms in total. The summed E-state index contributed by atoms with van der Waals surface area (Å²) in [6.45, 7) is 3.85. The minimum atomic E-state index is -0.753. The van der Waals surface area contributed by atoms with Crippen LogP contribution in [0, 0.1) is 0 Å². The number of rotatable bonds is 4. The van der Waals surface area contributed by atoms with E-state index in [2.05, 4.69) is 15.9 Å². The van der Waals surface area contributed by atoms with Gasteiger partial charge in [0.1, 0.15) is 4.32 Å². The average Bonchev–Trinajstić information content (AvgIpc) is 1.88. The second kappa shape index (κ2) is 3.96. The predicted octanol–water partition coefficient (Wildman–Crippen LogP) is 2.41. The molecule has 0 aromatic carbocycles. The van der Waals surface area contributed by atoms with Crippen LogP contribution in [0.2, 0.25) is 0 Å². The molecule has 0 aromatic heterocycles. The summed E-state index contributed by atoms with van der Waals surface area (Å²) in [7, 11) is 0. The lowest BCUT2D eigenvalue weighted by Crippen LogP contribution is -2.30. The molecule has 0 spiro atoms. The van der Waals surface area contributed by atoms with Crippen LogP contribution in [0.25, 0.3) is 0 Å². The second-order valence-corrected chi connectivity index (χ2v) is 3.89. The van der Waals surface area contributed by atoms with Gasteiger partial charge in [-0.2, -0.15) is 0 Å². The van der Waals surface area contributed by atoms with Gasteiger partial charge in [-0.05, 0) is 12.8 Å². The summed E-state index contributed by atoms with van der Waals surface area (Å²) in [6.07, 6.45) is 2.22. The van der Waals surface area contributed by atoms with Gasteiger partial charge in [0.25, 0.3) is 0 Å². The maximum absolute atomic E-state index is 10.6. The molecule has 0 rings (SSSR count). The topological polar surface area (TPSA) is 37.3 Å². The van der Waals surface area contributed by atoms with Crippen molar-refractivity contribution in [3.05, 3.63) is 0 Å². The summed E-state index contributed by atoms with van der Waals surface area (Å²) in [4.78, 5) is 10.6. The zero-order chi connectivity index (χ0) is 8.20. The Balaban J connectivity index is 4.08. The molecule has 10 heavy (non-hydrogen) atoms. The van der Waals surface area contributed by atoms with E-state index in [1.54, 1.807) is 0 Å². The van der Waals surface area contributed by atoms with Gasteiger partial charge in [0.2, 0.25) is 0 Å². The van der Waals surface area contributed by atoms with Gasteiger partial charge < -0.3 is 5.11 Å². The highest BCUT2D eigenvalue weighted by Gasteiger charge is 2.31. The van der Waals surface area contributed by atoms with Gasteiger partial charge in [-0.1, -0.05) is 36.2 Å². The summed E-state index contributed by atoms with van der Waals surface area (Å²) < 4.78 is -0.679. The first-order chi connectivity index (χ1) is 4.56. The number of hydrogen-bond acceptors (Lipinski definition) is 1. The Kier molecular flexibility index (Phi) is 3.94. The van der Waals surface area contributed by atoms with Crippen LogP contribution in [-0.4, -0.2) is 15.4 Å². The van der Waals surface area contributed by atoms with Crippen molar-refractivity contribution in [3.63, 3.8) is 0 Å². The monoisotopic (exact) mass is 208 g/mol. The Morgan fingerprint density at radius 1 is 1.60 bits per heavy atom. The van der Waals surface area contributed by atoms with Gasteiger partial charge in [0.05, 0.1) is 0 Å². The molecule has 0 saturated carbocycles. The van der Waals surface area contributed by atoms with Crippen LogP contribution in [0.4, 0.5) is 0 Å². The molecule has 0 radical (unpaired) electrons. The minimum absolute atomic E-state index is 0.635. The van der Waals surface area contributed by atoms with Crippen molar-refractivity contribution >= 4 is 21.9 Å². The molecule has 1 atom stereocenters. The average molecular weight is 209 g/mol. The van der Waals surface area contributed by atoms with Gasteiger partial charge in [0.15, 0.2) is 0 Å². The quantitative estimate of drug-likeness (QED) is 0.722. The molecule has 1 N–H and O–H groups in total. The maximum atomic E-state index is 10.6. The normalized spacial score (nSPS) is 16.3. The van der Waals surface area contributed by atoms with Crippen molar-refractivity contribution in [3.8, 4) is 0 Å². The molecule has 0 aliphatic rings. The van der Waals surface area contributed by atoms with E-state index in [4.69, 9.17) is 5.11 Å². The third-order valence-corrected chi connectivity index (χ3v) is 2.89. The number of carboxylic acid groups (broad SMARTS) is 1. The Morgan fingerprint density at radius 2 is 2.10 bits per heavy atom. The maximum Gasteiger partial charge on any atom is 0.320 e. The van der Waals surface area contributed by atoms with Gasteiger partial charge in [-0.25, -0.2) is 0 Å². The lowest BCUT2D eigenvalue weighted by molar-refractivity contribution is -0.139. The van der Waals surface area contributed by atoms with Gasteiger partial charge in [-0.3, -0.25) is 4.79 Å². The zero-order valence-corrected chi connectivity index (χ0v) is 7.94. The number of carboxylic acids is 1. The van der Waals surface area contributed by atoms with E-state index in [0.29, 0.717) is 12.8 Å². The molecule has 0 amide bonds. The fourth-order valence-electron chi connectivity index (χ4n) is 0.831. The van der Waals surface area contributed by atoms with E-state index in [1.165, 1.54) is 0 Å². The number of aliphatic carboxylic acids is 1. The molecule has 0 aliphatic heterocycles. The van der Waals surface area contributed by atoms with Crippen LogP contribution in [0.15, 0.2) is 0 Å². The minimum Gasteiger partial charge on any atom is -0.480 e. The van der Waals surface area contributed by atoms with Crippen LogP contribution in [0.3, 0.4) is 0 Å². The third-order valence-electron chi connectivity index (χ3n) is 1.59.